The summed E-state index contributed by atoms with van der Waals surface area (Å²) in [6, 6.07) is 17.1. The van der Waals surface area contributed by atoms with E-state index in [4.69, 9.17) is 5.73 Å². The summed E-state index contributed by atoms with van der Waals surface area (Å²) < 4.78 is 32.2. The molecule has 36 heavy (non-hydrogen) atoms. The van der Waals surface area contributed by atoms with E-state index in [2.05, 4.69) is 23.2 Å². The number of aromatic carboxylic acids is 1. The summed E-state index contributed by atoms with van der Waals surface area (Å²) in [5.41, 5.74) is 7.69. The summed E-state index contributed by atoms with van der Waals surface area (Å²) in [6.07, 6.45) is 0. The number of phenols is 2. The van der Waals surface area contributed by atoms with E-state index < -0.39 is 43.7 Å². The van der Waals surface area contributed by atoms with E-state index in [1.54, 1.807) is 24.3 Å². The minimum absolute atomic E-state index is 0.227. The molecule has 0 aliphatic rings. The molecule has 4 aromatic rings. The zero-order valence-electron chi connectivity index (χ0n) is 19.2. The Morgan fingerprint density at radius 2 is 1.56 bits per heavy atom. The molecule has 0 saturated heterocycles. The second-order valence-corrected chi connectivity index (χ2v) is 9.20. The minimum Gasteiger partial charge on any atom is -0.506 e. The molecule has 6 N–H and O–H groups in total. The molecule has 0 aromatic heterocycles. The average molecular weight is 510 g/mol. The predicted octanol–water partition coefficient (Wildman–Crippen LogP) is 5.50. The first-order valence-corrected chi connectivity index (χ1v) is 11.9. The van der Waals surface area contributed by atoms with Crippen LogP contribution in [0.2, 0.25) is 0 Å². The van der Waals surface area contributed by atoms with Gasteiger partial charge in [0, 0.05) is 11.1 Å². The summed E-state index contributed by atoms with van der Waals surface area (Å²) in [5, 5.41) is 37.6. The molecule has 0 aliphatic carbocycles. The number of carboxylic acid groups (broad SMARTS) is 1. The number of aryl methyl sites for hydroxylation is 2. The zero-order chi connectivity index (χ0) is 26.6. The van der Waals surface area contributed by atoms with E-state index in [9.17, 15) is 33.1 Å². The lowest BCUT2D eigenvalue weighted by molar-refractivity contribution is 0.0694. The van der Waals surface area contributed by atoms with Crippen molar-refractivity contribution in [2.24, 2.45) is 10.2 Å². The van der Waals surface area contributed by atoms with Crippen molar-refractivity contribution in [1.29, 1.82) is 0 Å². The van der Waals surface area contributed by atoms with E-state index in [0.29, 0.717) is 10.8 Å². The van der Waals surface area contributed by atoms with Crippen LogP contribution >= 0.6 is 0 Å². The van der Waals surface area contributed by atoms with Gasteiger partial charge in [-0.2, -0.15) is 8.42 Å². The maximum atomic E-state index is 11.5. The lowest BCUT2D eigenvalue weighted by Crippen LogP contribution is -1.98. The number of nitrogens with two attached hydrogens (primary N) is 1. The molecular weight excluding hydrogens is 486 g/mol. The molecule has 0 saturated carbocycles. The number of azo groups is 1. The van der Waals surface area contributed by atoms with Crippen LogP contribution in [0.1, 0.15) is 21.5 Å². The van der Waals surface area contributed by atoms with Crippen molar-refractivity contribution in [3.8, 4) is 11.5 Å². The first-order chi connectivity index (χ1) is 16.9. The highest BCUT2D eigenvalue weighted by molar-refractivity contribution is 7.86. The van der Waals surface area contributed by atoms with Crippen LogP contribution in [0.15, 0.2) is 81.9 Å². The van der Waals surface area contributed by atoms with Gasteiger partial charge in [-0.15, -0.1) is 10.2 Å². The van der Waals surface area contributed by atoms with Gasteiger partial charge in [0.2, 0.25) is 0 Å². The van der Waals surface area contributed by atoms with E-state index in [1.807, 2.05) is 19.1 Å². The normalized spacial score (nSPS) is 11.3. The molecule has 0 fully saturated rings. The van der Waals surface area contributed by atoms with Crippen LogP contribution in [-0.4, -0.2) is 34.3 Å². The molecule has 4 rings (SSSR count). The first kappa shape index (κ1) is 26.1. The topological polar surface area (TPSA) is 183 Å². The van der Waals surface area contributed by atoms with Gasteiger partial charge in [-0.05, 0) is 49.1 Å². The lowest BCUT2D eigenvalue weighted by atomic mass is 10.0. The smallest absolute Gasteiger partial charge is 0.339 e. The SMILES string of the molecule is Cc1ccc(N)c(C)c1.O=C(O)c1cc2ccccc2c(N=Nc2c(O)cccc2S(=O)(=O)O)c1O. The van der Waals surface area contributed by atoms with Crippen molar-refractivity contribution in [2.75, 3.05) is 5.73 Å². The number of nitrogen functional groups attached to an aromatic ring is 1. The van der Waals surface area contributed by atoms with Gasteiger partial charge in [-0.25, -0.2) is 4.79 Å². The monoisotopic (exact) mass is 509 g/mol. The molecule has 10 nitrogen and oxygen atoms in total. The van der Waals surface area contributed by atoms with Gasteiger partial charge in [0.15, 0.2) is 5.75 Å². The van der Waals surface area contributed by atoms with Crippen molar-refractivity contribution >= 4 is 43.9 Å². The summed E-state index contributed by atoms with van der Waals surface area (Å²) in [7, 11) is -4.70. The van der Waals surface area contributed by atoms with Gasteiger partial charge < -0.3 is 21.1 Å². The van der Waals surface area contributed by atoms with Gasteiger partial charge in [0.1, 0.15) is 27.6 Å². The lowest BCUT2D eigenvalue weighted by Gasteiger charge is -2.08. The number of hydrogen-bond acceptors (Lipinski definition) is 8. The predicted molar refractivity (Wildman–Crippen MR) is 135 cm³/mol. The van der Waals surface area contributed by atoms with Gasteiger partial charge in [0.05, 0.1) is 0 Å². The highest BCUT2D eigenvalue weighted by Gasteiger charge is 2.20. The molecule has 0 bridgehead atoms. The second kappa shape index (κ2) is 10.4. The van der Waals surface area contributed by atoms with E-state index >= 15 is 0 Å². The Kier molecular flexibility index (Phi) is 7.56. The van der Waals surface area contributed by atoms with Crippen molar-refractivity contribution in [1.82, 2.24) is 0 Å². The molecule has 4 aromatic carbocycles. The van der Waals surface area contributed by atoms with Crippen LogP contribution in [0.3, 0.4) is 0 Å². The average Bonchev–Trinajstić information content (AvgIpc) is 2.81. The zero-order valence-corrected chi connectivity index (χ0v) is 20.1. The summed E-state index contributed by atoms with van der Waals surface area (Å²) in [4.78, 5) is 10.7. The fourth-order valence-corrected chi connectivity index (χ4v) is 3.97. The Hall–Kier alpha value is -4.48. The standard InChI is InChI=1S/C17H12N2O7S.C8H11N/c20-12-6-3-7-13(27(24,25)26)15(12)19-18-14-10-5-2-1-4-9(10)8-11(16(14)21)17(22)23;1-6-3-4-8(9)7(2)5-6/h1-8,20-21H,(H,22,23)(H,24,25,26);3-5H,9H2,1-2H3. The number of nitrogens with zero attached hydrogens (tertiary/aromatic N) is 2. The summed E-state index contributed by atoms with van der Waals surface area (Å²) >= 11 is 0. The number of carboxylic acids is 1. The number of fused-ring (bicyclic) bond motifs is 1. The molecule has 11 heteroatoms. The molecule has 186 valence electrons. The van der Waals surface area contributed by atoms with Crippen LogP contribution in [0.25, 0.3) is 10.8 Å². The van der Waals surface area contributed by atoms with E-state index in [0.717, 1.165) is 23.4 Å². The van der Waals surface area contributed by atoms with Crippen molar-refractivity contribution in [3.63, 3.8) is 0 Å². The molecule has 0 spiro atoms. The number of rotatable bonds is 4. The maximum absolute atomic E-state index is 11.5. The van der Waals surface area contributed by atoms with Crippen molar-refractivity contribution in [3.05, 3.63) is 83.4 Å². The third kappa shape index (κ3) is 5.77. The van der Waals surface area contributed by atoms with Crippen LogP contribution in [0.4, 0.5) is 17.1 Å². The highest BCUT2D eigenvalue weighted by atomic mass is 32.2. The number of anilines is 1. The Morgan fingerprint density at radius 1 is 0.889 bits per heavy atom. The molecule has 0 atom stereocenters. The Bertz CT molecular complexity index is 1600. The number of aromatic hydroxyl groups is 2. The largest absolute Gasteiger partial charge is 0.506 e. The van der Waals surface area contributed by atoms with Gasteiger partial charge in [-0.3, -0.25) is 4.55 Å². The van der Waals surface area contributed by atoms with Gasteiger partial charge in [-0.1, -0.05) is 48.0 Å². The van der Waals surface area contributed by atoms with Crippen molar-refractivity contribution in [2.45, 2.75) is 18.7 Å². The van der Waals surface area contributed by atoms with Crippen LogP contribution in [0, 0.1) is 13.8 Å². The number of benzene rings is 4. The number of carbonyl (C=O) groups is 1. The second-order valence-electron chi connectivity index (χ2n) is 7.81. The Labute approximate surface area is 206 Å². The van der Waals surface area contributed by atoms with Crippen molar-refractivity contribution < 1.29 is 33.1 Å². The molecular formula is C25H23N3O7S. The Morgan fingerprint density at radius 3 is 2.17 bits per heavy atom. The van der Waals surface area contributed by atoms with Crippen LogP contribution in [0.5, 0.6) is 11.5 Å². The number of phenolic OH excluding ortho intramolecular Hbond substituents is 1. The fraction of sp³-hybridized carbons (Fsp3) is 0.0800. The third-order valence-electron chi connectivity index (χ3n) is 5.16. The highest BCUT2D eigenvalue weighted by Crippen LogP contribution is 2.41. The van der Waals surface area contributed by atoms with Gasteiger partial charge in [0.25, 0.3) is 10.1 Å². The van der Waals surface area contributed by atoms with E-state index in [-0.39, 0.29) is 5.69 Å². The first-order valence-electron chi connectivity index (χ1n) is 10.4. The molecule has 0 unspecified atom stereocenters. The van der Waals surface area contributed by atoms with E-state index in [1.165, 1.54) is 17.7 Å². The molecule has 0 amide bonds. The third-order valence-corrected chi connectivity index (χ3v) is 6.04. The molecule has 0 heterocycles. The maximum Gasteiger partial charge on any atom is 0.339 e. The fourth-order valence-electron chi connectivity index (χ4n) is 3.33. The summed E-state index contributed by atoms with van der Waals surface area (Å²) in [5.74, 6) is -2.64. The van der Waals surface area contributed by atoms with Crippen LogP contribution < -0.4 is 5.73 Å². The molecule has 0 aliphatic heterocycles. The molecule has 0 radical (unpaired) electrons. The summed E-state index contributed by atoms with van der Waals surface area (Å²) in [6.45, 7) is 4.08. The minimum atomic E-state index is -4.70. The number of hydrogen-bond donors (Lipinski definition) is 5. The Balaban J connectivity index is 0.000000338. The van der Waals surface area contributed by atoms with Gasteiger partial charge >= 0.3 is 5.97 Å². The van der Waals surface area contributed by atoms with Crippen LogP contribution in [-0.2, 0) is 10.1 Å². The quantitative estimate of drug-likeness (QED) is 0.136.